The van der Waals surface area contributed by atoms with Crippen LogP contribution in [0, 0.1) is 12.8 Å². The van der Waals surface area contributed by atoms with Crippen molar-refractivity contribution in [3.63, 3.8) is 0 Å². The van der Waals surface area contributed by atoms with Crippen LogP contribution >= 0.6 is 0 Å². The number of benzene rings is 2. The molecule has 0 spiro atoms. The lowest BCUT2D eigenvalue weighted by Gasteiger charge is -2.28. The topological polar surface area (TPSA) is 70.1 Å². The molecule has 0 bridgehead atoms. The summed E-state index contributed by atoms with van der Waals surface area (Å²) in [5.74, 6) is -0.440. The Kier molecular flexibility index (Phi) is 8.51. The number of hydrogen-bond acceptors (Lipinski definition) is 5. The Morgan fingerprint density at radius 2 is 1.79 bits per heavy atom. The zero-order chi connectivity index (χ0) is 24.8. The van der Waals surface area contributed by atoms with E-state index < -0.39 is 17.7 Å². The van der Waals surface area contributed by atoms with Crippen molar-refractivity contribution in [1.82, 2.24) is 9.80 Å². The first-order chi connectivity index (χ1) is 16.3. The van der Waals surface area contributed by atoms with Gasteiger partial charge in [0.25, 0.3) is 11.7 Å². The number of rotatable bonds is 10. The van der Waals surface area contributed by atoms with Gasteiger partial charge in [0.05, 0.1) is 18.2 Å². The van der Waals surface area contributed by atoms with Gasteiger partial charge in [0.15, 0.2) is 0 Å². The summed E-state index contributed by atoms with van der Waals surface area (Å²) >= 11 is 0. The third-order valence-corrected chi connectivity index (χ3v) is 6.14. The molecule has 6 heteroatoms. The molecule has 0 aliphatic carbocycles. The summed E-state index contributed by atoms with van der Waals surface area (Å²) < 4.78 is 5.81. The highest BCUT2D eigenvalue weighted by atomic mass is 16.5. The van der Waals surface area contributed by atoms with Crippen molar-refractivity contribution in [2.45, 2.75) is 40.7 Å². The summed E-state index contributed by atoms with van der Waals surface area (Å²) in [7, 11) is 0. The fourth-order valence-electron chi connectivity index (χ4n) is 4.24. The van der Waals surface area contributed by atoms with Crippen LogP contribution in [0.5, 0.6) is 5.75 Å². The van der Waals surface area contributed by atoms with E-state index in [0.29, 0.717) is 36.9 Å². The summed E-state index contributed by atoms with van der Waals surface area (Å²) in [5.41, 5.74) is 2.42. The number of Topliss-reactive ketones (excluding diaryl/α,β-unsaturated/α-hetero) is 1. The number of hydrogen-bond donors (Lipinski definition) is 1. The zero-order valence-electron chi connectivity index (χ0n) is 20.9. The molecule has 2 aromatic rings. The van der Waals surface area contributed by atoms with Crippen LogP contribution in [0.1, 0.15) is 50.4 Å². The molecule has 34 heavy (non-hydrogen) atoms. The van der Waals surface area contributed by atoms with Crippen molar-refractivity contribution >= 4 is 17.4 Å². The van der Waals surface area contributed by atoms with E-state index >= 15 is 0 Å². The third kappa shape index (κ3) is 5.68. The zero-order valence-corrected chi connectivity index (χ0v) is 20.9. The molecule has 1 fully saturated rings. The number of carbonyl (C=O) groups excluding carboxylic acids is 2. The van der Waals surface area contributed by atoms with Gasteiger partial charge in [-0.1, -0.05) is 69.7 Å². The molecule has 1 unspecified atom stereocenters. The average Bonchev–Trinajstić information content (AvgIpc) is 3.08. The molecular formula is C28H36N2O4. The highest BCUT2D eigenvalue weighted by molar-refractivity contribution is 6.46. The molecule has 1 aliphatic rings. The fourth-order valence-corrected chi connectivity index (χ4v) is 4.24. The predicted molar refractivity (Wildman–Crippen MR) is 135 cm³/mol. The molecule has 1 aliphatic heterocycles. The first-order valence-corrected chi connectivity index (χ1v) is 12.1. The number of carbonyl (C=O) groups is 2. The number of amides is 1. The molecule has 6 nitrogen and oxygen atoms in total. The van der Waals surface area contributed by atoms with Gasteiger partial charge in [0.2, 0.25) is 0 Å². The van der Waals surface area contributed by atoms with E-state index in [9.17, 15) is 14.7 Å². The Balaban J connectivity index is 2.06. The van der Waals surface area contributed by atoms with Crippen molar-refractivity contribution in [3.05, 3.63) is 70.8 Å². The van der Waals surface area contributed by atoms with Crippen LogP contribution in [-0.2, 0) is 9.59 Å². The first-order valence-electron chi connectivity index (χ1n) is 12.1. The molecule has 0 saturated carbocycles. The molecule has 0 aromatic heterocycles. The number of nitrogens with zero attached hydrogens (tertiary/aromatic N) is 2. The van der Waals surface area contributed by atoms with Crippen molar-refractivity contribution in [2.75, 3.05) is 32.8 Å². The van der Waals surface area contributed by atoms with E-state index in [4.69, 9.17) is 4.74 Å². The van der Waals surface area contributed by atoms with Crippen LogP contribution in [-0.4, -0.2) is 59.4 Å². The number of likely N-dealkylation sites (tertiary alicyclic amines) is 1. The van der Waals surface area contributed by atoms with Gasteiger partial charge < -0.3 is 19.6 Å². The molecular weight excluding hydrogens is 428 g/mol. The van der Waals surface area contributed by atoms with Crippen molar-refractivity contribution in [3.8, 4) is 5.75 Å². The smallest absolute Gasteiger partial charge is 0.295 e. The van der Waals surface area contributed by atoms with Gasteiger partial charge in [-0.3, -0.25) is 9.59 Å². The Bertz CT molecular complexity index is 1060. The molecule has 2 aromatic carbocycles. The number of likely N-dealkylation sites (N-methyl/N-ethyl adjacent to an activating group) is 1. The van der Waals surface area contributed by atoms with E-state index in [1.807, 2.05) is 37.3 Å². The molecule has 1 saturated heterocycles. The lowest BCUT2D eigenvalue weighted by Crippen LogP contribution is -2.38. The van der Waals surface area contributed by atoms with E-state index in [2.05, 4.69) is 32.6 Å². The Morgan fingerprint density at radius 3 is 2.44 bits per heavy atom. The van der Waals surface area contributed by atoms with Gasteiger partial charge in [-0.2, -0.15) is 0 Å². The van der Waals surface area contributed by atoms with Gasteiger partial charge in [0, 0.05) is 18.7 Å². The second-order valence-electron chi connectivity index (χ2n) is 9.17. The molecule has 182 valence electrons. The van der Waals surface area contributed by atoms with Gasteiger partial charge >= 0.3 is 0 Å². The number of aryl methyl sites for hydroxylation is 1. The number of aliphatic hydroxyl groups excluding tert-OH is 1. The molecule has 3 rings (SSSR count). The minimum Gasteiger partial charge on any atom is -0.507 e. The van der Waals surface area contributed by atoms with Gasteiger partial charge in [-0.05, 0) is 43.6 Å². The summed E-state index contributed by atoms with van der Waals surface area (Å²) in [6.45, 7) is 13.6. The SMILES string of the molecule is CCN(CC)CCN1C(=O)C(=O)/C(=C(\O)c2cccc(OCC(C)C)c2)C1c1cccc(C)c1. The number of ether oxygens (including phenoxy) is 1. The molecule has 1 N–H and O–H groups in total. The lowest BCUT2D eigenvalue weighted by atomic mass is 9.94. The van der Waals surface area contributed by atoms with Crippen LogP contribution in [0.25, 0.3) is 5.76 Å². The summed E-state index contributed by atoms with van der Waals surface area (Å²) in [4.78, 5) is 30.2. The maximum absolute atomic E-state index is 13.2. The van der Waals surface area contributed by atoms with Crippen LogP contribution < -0.4 is 4.74 Å². The van der Waals surface area contributed by atoms with Gasteiger partial charge in [-0.15, -0.1) is 0 Å². The number of aliphatic hydroxyl groups is 1. The van der Waals surface area contributed by atoms with E-state index in [0.717, 1.165) is 24.2 Å². The Labute approximate surface area is 202 Å². The third-order valence-electron chi connectivity index (χ3n) is 6.14. The second kappa shape index (κ2) is 11.3. The minimum absolute atomic E-state index is 0.121. The van der Waals surface area contributed by atoms with Gasteiger partial charge in [-0.25, -0.2) is 0 Å². The van der Waals surface area contributed by atoms with Crippen LogP contribution in [0.3, 0.4) is 0 Å². The van der Waals surface area contributed by atoms with Crippen LogP contribution in [0.4, 0.5) is 0 Å². The first kappa shape index (κ1) is 25.5. The highest BCUT2D eigenvalue weighted by Crippen LogP contribution is 2.39. The fraction of sp³-hybridized carbons (Fsp3) is 0.429. The Hall–Kier alpha value is -3.12. The average molecular weight is 465 g/mol. The standard InChI is InChI=1S/C28H36N2O4/c1-6-29(7-2)14-15-30-25(21-11-8-10-20(5)16-21)24(27(32)28(30)33)26(31)22-12-9-13-23(17-22)34-18-19(3)4/h8-13,16-17,19,25,31H,6-7,14-15,18H2,1-5H3/b26-24-. The quantitative estimate of drug-likeness (QED) is 0.311. The van der Waals surface area contributed by atoms with E-state index in [1.165, 1.54) is 0 Å². The Morgan fingerprint density at radius 1 is 1.09 bits per heavy atom. The second-order valence-corrected chi connectivity index (χ2v) is 9.17. The van der Waals surface area contributed by atoms with E-state index in [1.54, 1.807) is 23.1 Å². The lowest BCUT2D eigenvalue weighted by molar-refractivity contribution is -0.140. The molecule has 0 radical (unpaired) electrons. The normalized spacial score (nSPS) is 17.7. The summed E-state index contributed by atoms with van der Waals surface area (Å²) in [6.07, 6.45) is 0. The van der Waals surface area contributed by atoms with Gasteiger partial charge in [0.1, 0.15) is 11.5 Å². The molecule has 1 amide bonds. The van der Waals surface area contributed by atoms with Crippen molar-refractivity contribution in [1.29, 1.82) is 0 Å². The van der Waals surface area contributed by atoms with Crippen molar-refractivity contribution in [2.24, 2.45) is 5.92 Å². The maximum Gasteiger partial charge on any atom is 0.295 e. The number of ketones is 1. The summed E-state index contributed by atoms with van der Waals surface area (Å²) in [6, 6.07) is 14.2. The largest absolute Gasteiger partial charge is 0.507 e. The highest BCUT2D eigenvalue weighted by Gasteiger charge is 2.46. The van der Waals surface area contributed by atoms with E-state index in [-0.39, 0.29) is 11.3 Å². The predicted octanol–water partition coefficient (Wildman–Crippen LogP) is 4.79. The summed E-state index contributed by atoms with van der Waals surface area (Å²) in [5, 5.41) is 11.3. The molecule has 1 atom stereocenters. The van der Waals surface area contributed by atoms with Crippen LogP contribution in [0.15, 0.2) is 54.1 Å². The maximum atomic E-state index is 13.2. The minimum atomic E-state index is -0.656. The monoisotopic (exact) mass is 464 g/mol. The van der Waals surface area contributed by atoms with Crippen molar-refractivity contribution < 1.29 is 19.4 Å². The van der Waals surface area contributed by atoms with Crippen LogP contribution in [0.2, 0.25) is 0 Å². The molecule has 1 heterocycles.